The molecule has 0 radical (unpaired) electrons. The van der Waals surface area contributed by atoms with E-state index in [-0.39, 0.29) is 17.8 Å². The zero-order valence-corrected chi connectivity index (χ0v) is 20.4. The molecule has 2 aromatic rings. The summed E-state index contributed by atoms with van der Waals surface area (Å²) < 4.78 is 26.9. The first-order chi connectivity index (χ1) is 16.3. The number of amides is 1. The zero-order valence-electron chi connectivity index (χ0n) is 20.4. The molecule has 0 aromatic heterocycles. The van der Waals surface area contributed by atoms with E-state index >= 15 is 0 Å². The monoisotopic (exact) mass is 471 g/mol. The average molecular weight is 472 g/mol. The van der Waals surface area contributed by atoms with Gasteiger partial charge in [-0.3, -0.25) is 4.79 Å². The van der Waals surface area contributed by atoms with Crippen molar-refractivity contribution in [3.05, 3.63) is 47.5 Å². The topological polar surface area (TPSA) is 92.3 Å². The van der Waals surface area contributed by atoms with E-state index < -0.39 is 6.09 Å². The fourth-order valence-corrected chi connectivity index (χ4v) is 3.97. The molecule has 1 amide bonds. The molecule has 1 aliphatic rings. The highest BCUT2D eigenvalue weighted by Crippen LogP contribution is 2.35. The van der Waals surface area contributed by atoms with E-state index in [1.165, 1.54) is 7.11 Å². The van der Waals surface area contributed by atoms with Crippen LogP contribution in [0.25, 0.3) is 0 Å². The van der Waals surface area contributed by atoms with Crippen LogP contribution in [0.15, 0.2) is 36.4 Å². The Bertz CT molecular complexity index is 1000. The number of nitrogens with one attached hydrogen (secondary N) is 1. The van der Waals surface area contributed by atoms with Crippen LogP contribution in [-0.4, -0.2) is 46.5 Å². The second-order valence-electron chi connectivity index (χ2n) is 8.74. The maximum atomic E-state index is 12.5. The summed E-state index contributed by atoms with van der Waals surface area (Å²) in [6.07, 6.45) is 0.632. The van der Waals surface area contributed by atoms with Gasteiger partial charge in [0, 0.05) is 12.5 Å². The SMILES string of the molecule is COc1ccc(C[C@H]2COC(=O)[C@@H]2Cc2ccc(OC(=O)NCC(C)C)c(OC)c2)cc1OC. The number of hydrogen-bond donors (Lipinski definition) is 1. The van der Waals surface area contributed by atoms with Crippen molar-refractivity contribution in [2.45, 2.75) is 26.7 Å². The van der Waals surface area contributed by atoms with Crippen molar-refractivity contribution in [3.63, 3.8) is 0 Å². The molecule has 1 saturated heterocycles. The molecule has 34 heavy (non-hydrogen) atoms. The van der Waals surface area contributed by atoms with Gasteiger partial charge in [0.05, 0.1) is 33.9 Å². The summed E-state index contributed by atoms with van der Waals surface area (Å²) in [7, 11) is 4.71. The number of benzene rings is 2. The first-order valence-corrected chi connectivity index (χ1v) is 11.3. The molecule has 8 nitrogen and oxygen atoms in total. The number of ether oxygens (including phenoxy) is 5. The van der Waals surface area contributed by atoms with E-state index in [1.54, 1.807) is 26.4 Å². The van der Waals surface area contributed by atoms with Crippen LogP contribution in [0.3, 0.4) is 0 Å². The third-order valence-electron chi connectivity index (χ3n) is 5.80. The molecule has 1 fully saturated rings. The highest BCUT2D eigenvalue weighted by molar-refractivity contribution is 5.75. The van der Waals surface area contributed by atoms with Crippen LogP contribution in [-0.2, 0) is 22.4 Å². The van der Waals surface area contributed by atoms with Gasteiger partial charge >= 0.3 is 12.1 Å². The van der Waals surface area contributed by atoms with Crippen molar-refractivity contribution in [1.82, 2.24) is 5.32 Å². The lowest BCUT2D eigenvalue weighted by molar-refractivity contribution is -0.141. The zero-order chi connectivity index (χ0) is 24.7. The maximum absolute atomic E-state index is 12.5. The summed E-state index contributed by atoms with van der Waals surface area (Å²) >= 11 is 0. The third kappa shape index (κ3) is 6.34. The number of rotatable bonds is 10. The van der Waals surface area contributed by atoms with Crippen LogP contribution in [0.2, 0.25) is 0 Å². The number of carbonyl (C=O) groups is 2. The summed E-state index contributed by atoms with van der Waals surface area (Å²) in [5.74, 6) is 1.90. The number of hydrogen-bond acceptors (Lipinski definition) is 7. The minimum Gasteiger partial charge on any atom is -0.493 e. The minimum absolute atomic E-state index is 0.0225. The highest BCUT2D eigenvalue weighted by Gasteiger charge is 2.37. The van der Waals surface area contributed by atoms with Crippen molar-refractivity contribution in [1.29, 1.82) is 0 Å². The Morgan fingerprint density at radius 2 is 1.53 bits per heavy atom. The lowest BCUT2D eigenvalue weighted by Crippen LogP contribution is -2.30. The van der Waals surface area contributed by atoms with E-state index in [9.17, 15) is 9.59 Å². The van der Waals surface area contributed by atoms with Crippen molar-refractivity contribution >= 4 is 12.1 Å². The third-order valence-corrected chi connectivity index (χ3v) is 5.80. The summed E-state index contributed by atoms with van der Waals surface area (Å²) in [6.45, 7) is 4.89. The van der Waals surface area contributed by atoms with Crippen LogP contribution in [0.1, 0.15) is 25.0 Å². The smallest absolute Gasteiger partial charge is 0.412 e. The molecule has 0 unspecified atom stereocenters. The van der Waals surface area contributed by atoms with Crippen molar-refractivity contribution < 1.29 is 33.3 Å². The Hall–Kier alpha value is -3.42. The Morgan fingerprint density at radius 1 is 0.941 bits per heavy atom. The molecule has 184 valence electrons. The minimum atomic E-state index is -0.533. The fraction of sp³-hybridized carbons (Fsp3) is 0.462. The summed E-state index contributed by atoms with van der Waals surface area (Å²) in [4.78, 5) is 24.5. The van der Waals surface area contributed by atoms with E-state index in [0.717, 1.165) is 11.1 Å². The van der Waals surface area contributed by atoms with Crippen LogP contribution in [0, 0.1) is 17.8 Å². The molecule has 8 heteroatoms. The van der Waals surface area contributed by atoms with Crippen molar-refractivity contribution in [3.8, 4) is 23.0 Å². The van der Waals surface area contributed by atoms with Gasteiger partial charge in [0.25, 0.3) is 0 Å². The Labute approximate surface area is 200 Å². The maximum Gasteiger partial charge on any atom is 0.412 e. The Morgan fingerprint density at radius 3 is 2.15 bits per heavy atom. The van der Waals surface area contributed by atoms with Crippen molar-refractivity contribution in [2.75, 3.05) is 34.5 Å². The summed E-state index contributed by atoms with van der Waals surface area (Å²) in [5.41, 5.74) is 1.94. The molecule has 3 rings (SSSR count). The molecule has 0 aliphatic carbocycles. The first kappa shape index (κ1) is 25.2. The quantitative estimate of drug-likeness (QED) is 0.523. The van der Waals surface area contributed by atoms with Gasteiger partial charge in [-0.15, -0.1) is 0 Å². The number of methoxy groups -OCH3 is 3. The number of carbonyl (C=O) groups excluding carboxylic acids is 2. The van der Waals surface area contributed by atoms with E-state index in [2.05, 4.69) is 5.32 Å². The molecule has 0 bridgehead atoms. The van der Waals surface area contributed by atoms with E-state index in [0.29, 0.717) is 54.9 Å². The molecule has 1 N–H and O–H groups in total. The largest absolute Gasteiger partial charge is 0.493 e. The van der Waals surface area contributed by atoms with Crippen LogP contribution >= 0.6 is 0 Å². The van der Waals surface area contributed by atoms with Gasteiger partial charge in [-0.25, -0.2) is 4.79 Å². The highest BCUT2D eigenvalue weighted by atomic mass is 16.6. The van der Waals surface area contributed by atoms with Gasteiger partial charge in [0.2, 0.25) is 0 Å². The van der Waals surface area contributed by atoms with Crippen molar-refractivity contribution in [2.24, 2.45) is 17.8 Å². The molecular weight excluding hydrogens is 438 g/mol. The van der Waals surface area contributed by atoms with Gasteiger partial charge in [-0.05, 0) is 54.2 Å². The van der Waals surface area contributed by atoms with Gasteiger partial charge in [0.15, 0.2) is 23.0 Å². The second-order valence-corrected chi connectivity index (χ2v) is 8.74. The summed E-state index contributed by atoms with van der Waals surface area (Å²) in [5, 5.41) is 2.71. The number of esters is 1. The van der Waals surface area contributed by atoms with E-state index in [4.69, 9.17) is 23.7 Å². The van der Waals surface area contributed by atoms with Crippen LogP contribution in [0.4, 0.5) is 4.79 Å². The number of cyclic esters (lactones) is 1. The van der Waals surface area contributed by atoms with Crippen LogP contribution in [0.5, 0.6) is 23.0 Å². The second kappa shape index (κ2) is 11.6. The fourth-order valence-electron chi connectivity index (χ4n) is 3.97. The molecule has 2 atom stereocenters. The first-order valence-electron chi connectivity index (χ1n) is 11.3. The van der Waals surface area contributed by atoms with Gasteiger partial charge < -0.3 is 29.0 Å². The Kier molecular flexibility index (Phi) is 8.62. The van der Waals surface area contributed by atoms with Gasteiger partial charge in [-0.2, -0.15) is 0 Å². The lowest BCUT2D eigenvalue weighted by atomic mass is 9.85. The molecule has 1 aliphatic heterocycles. The van der Waals surface area contributed by atoms with Gasteiger partial charge in [0.1, 0.15) is 0 Å². The summed E-state index contributed by atoms with van der Waals surface area (Å²) in [6, 6.07) is 11.1. The molecular formula is C26H33NO7. The van der Waals surface area contributed by atoms with Gasteiger partial charge in [-0.1, -0.05) is 26.0 Å². The molecule has 0 saturated carbocycles. The van der Waals surface area contributed by atoms with E-state index in [1.807, 2.05) is 38.1 Å². The molecule has 2 aromatic carbocycles. The molecule has 0 spiro atoms. The predicted molar refractivity (Wildman–Crippen MR) is 127 cm³/mol. The average Bonchev–Trinajstić information content (AvgIpc) is 3.17. The lowest BCUT2D eigenvalue weighted by Gasteiger charge is -2.17. The van der Waals surface area contributed by atoms with Crippen LogP contribution < -0.4 is 24.3 Å². The normalized spacial score (nSPS) is 17.3. The Balaban J connectivity index is 1.70. The predicted octanol–water partition coefficient (Wildman–Crippen LogP) is 4.03. The molecule has 1 heterocycles. The standard InChI is InChI=1S/C26H33NO7/c1-16(2)14-27-26(29)34-22-9-7-18(13-24(22)32-5)11-20-19(15-33-25(20)28)10-17-6-8-21(30-3)23(12-17)31-4/h6-9,12-13,16,19-20H,10-11,14-15H2,1-5H3,(H,27,29)/t19-,20+/m0/s1.